The highest BCUT2D eigenvalue weighted by atomic mass is 35.5. The Morgan fingerprint density at radius 2 is 2.04 bits per heavy atom. The molecule has 7 heteroatoms. The fraction of sp³-hybridized carbons (Fsp3) is 0.350. The molecule has 27 heavy (non-hydrogen) atoms. The fourth-order valence-electron chi connectivity index (χ4n) is 3.32. The number of rotatable bonds is 5. The third-order valence-corrected chi connectivity index (χ3v) is 4.95. The lowest BCUT2D eigenvalue weighted by atomic mass is 10.1. The number of likely N-dealkylation sites (N-methyl/N-ethyl adjacent to an activating group) is 1. The Bertz CT molecular complexity index is 841. The van der Waals surface area contributed by atoms with Crippen LogP contribution in [0.4, 0.5) is 5.69 Å². The van der Waals surface area contributed by atoms with Crippen molar-refractivity contribution >= 4 is 28.9 Å². The van der Waals surface area contributed by atoms with Gasteiger partial charge in [0.05, 0.1) is 18.3 Å². The van der Waals surface area contributed by atoms with Gasteiger partial charge in [-0.3, -0.25) is 4.79 Å². The van der Waals surface area contributed by atoms with E-state index in [-0.39, 0.29) is 18.5 Å². The van der Waals surface area contributed by atoms with Gasteiger partial charge in [0.15, 0.2) is 0 Å². The maximum atomic E-state index is 13.0. The summed E-state index contributed by atoms with van der Waals surface area (Å²) in [5.41, 5.74) is 2.87. The Balaban J connectivity index is 1.75. The molecule has 6 nitrogen and oxygen atoms in total. The number of hydrogen-bond acceptors (Lipinski definition) is 5. The molecule has 1 atom stereocenters. The maximum Gasteiger partial charge on any atom is 0.242 e. The van der Waals surface area contributed by atoms with Crippen molar-refractivity contribution in [1.82, 2.24) is 14.8 Å². The highest BCUT2D eigenvalue weighted by Gasteiger charge is 2.31. The molecular weight excluding hydrogens is 362 g/mol. The third kappa shape index (κ3) is 4.64. The molecular formula is C20H24ClN5O. The minimum atomic E-state index is -0.128. The van der Waals surface area contributed by atoms with Gasteiger partial charge in [-0.1, -0.05) is 35.9 Å². The summed E-state index contributed by atoms with van der Waals surface area (Å²) >= 11 is 6.06. The molecule has 3 rings (SSSR count). The molecule has 1 aromatic carbocycles. The molecule has 1 aromatic heterocycles. The van der Waals surface area contributed by atoms with Gasteiger partial charge < -0.3 is 20.5 Å². The predicted octanol–water partition coefficient (Wildman–Crippen LogP) is 3.05. The molecule has 2 N–H and O–H groups in total. The average molecular weight is 386 g/mol. The lowest BCUT2D eigenvalue weighted by molar-refractivity contribution is -0.134. The molecule has 1 aliphatic rings. The van der Waals surface area contributed by atoms with Gasteiger partial charge in [-0.2, -0.15) is 0 Å². The van der Waals surface area contributed by atoms with Crippen LogP contribution in [-0.2, 0) is 4.79 Å². The lowest BCUT2D eigenvalue weighted by Gasteiger charge is -2.39. The zero-order valence-electron chi connectivity index (χ0n) is 15.6. The number of halogens is 1. The van der Waals surface area contributed by atoms with Gasteiger partial charge in [0.25, 0.3) is 0 Å². The summed E-state index contributed by atoms with van der Waals surface area (Å²) in [6.45, 7) is 4.09. The molecule has 0 bridgehead atoms. The van der Waals surface area contributed by atoms with Crippen molar-refractivity contribution in [2.45, 2.75) is 13.0 Å². The number of hydrogen-bond donors (Lipinski definition) is 2. The number of pyridine rings is 1. The molecule has 0 spiro atoms. The summed E-state index contributed by atoms with van der Waals surface area (Å²) < 4.78 is 0. The summed E-state index contributed by atoms with van der Waals surface area (Å²) in [4.78, 5) is 21.4. The van der Waals surface area contributed by atoms with Gasteiger partial charge in [-0.05, 0) is 32.2 Å². The van der Waals surface area contributed by atoms with Crippen LogP contribution in [0.15, 0.2) is 42.5 Å². The fourth-order valence-corrected chi connectivity index (χ4v) is 3.49. The first-order valence-electron chi connectivity index (χ1n) is 8.94. The molecule has 1 amide bonds. The Morgan fingerprint density at radius 3 is 2.78 bits per heavy atom. The minimum absolute atomic E-state index is 0.00677. The van der Waals surface area contributed by atoms with Crippen LogP contribution in [-0.4, -0.2) is 59.6 Å². The normalized spacial score (nSPS) is 17.6. The first-order valence-corrected chi connectivity index (χ1v) is 9.32. The van der Waals surface area contributed by atoms with Crippen LogP contribution in [0.3, 0.4) is 0 Å². The maximum absolute atomic E-state index is 13.0. The number of benzene rings is 1. The molecule has 2 aromatic rings. The lowest BCUT2D eigenvalue weighted by Crippen LogP contribution is -2.51. The standard InChI is InChI=1S/C20H24ClN5O/c1-14(22)15-6-3-4-7-16(15)23-12-20(27)26-11-10-25(2)13-18(26)17-8-5-9-19(21)24-17/h3-9,18,22-23H,10-13H2,1-2H3. The number of aromatic nitrogens is 1. The second-order valence-electron chi connectivity index (χ2n) is 6.77. The molecule has 1 aliphatic heterocycles. The summed E-state index contributed by atoms with van der Waals surface area (Å²) in [6.07, 6.45) is 0. The monoisotopic (exact) mass is 385 g/mol. The van der Waals surface area contributed by atoms with E-state index in [0.717, 1.165) is 30.0 Å². The van der Waals surface area contributed by atoms with Crippen LogP contribution in [0.1, 0.15) is 24.2 Å². The number of para-hydroxylation sites is 1. The van der Waals surface area contributed by atoms with Crippen LogP contribution in [0.2, 0.25) is 5.15 Å². The summed E-state index contributed by atoms with van der Waals surface area (Å²) in [7, 11) is 2.04. The minimum Gasteiger partial charge on any atom is -0.376 e. The molecule has 2 heterocycles. The van der Waals surface area contributed by atoms with E-state index < -0.39 is 0 Å². The quantitative estimate of drug-likeness (QED) is 0.613. The van der Waals surface area contributed by atoms with E-state index in [4.69, 9.17) is 17.0 Å². The van der Waals surface area contributed by atoms with E-state index in [2.05, 4.69) is 15.2 Å². The number of piperazine rings is 1. The molecule has 0 aliphatic carbocycles. The van der Waals surface area contributed by atoms with Crippen LogP contribution in [0.5, 0.6) is 0 Å². The number of nitrogens with zero attached hydrogens (tertiary/aromatic N) is 3. The van der Waals surface area contributed by atoms with Gasteiger partial charge in [0.2, 0.25) is 5.91 Å². The van der Waals surface area contributed by atoms with Gasteiger partial charge in [0, 0.05) is 36.6 Å². The summed E-state index contributed by atoms with van der Waals surface area (Å²) in [5.74, 6) is 0.00677. The van der Waals surface area contributed by atoms with Crippen LogP contribution in [0.25, 0.3) is 0 Å². The predicted molar refractivity (Wildman–Crippen MR) is 109 cm³/mol. The smallest absolute Gasteiger partial charge is 0.242 e. The number of carbonyl (C=O) groups excluding carboxylic acids is 1. The van der Waals surface area contributed by atoms with Crippen molar-refractivity contribution in [3.05, 3.63) is 58.9 Å². The van der Waals surface area contributed by atoms with Gasteiger partial charge >= 0.3 is 0 Å². The Labute approximate surface area is 164 Å². The summed E-state index contributed by atoms with van der Waals surface area (Å²) in [5, 5.41) is 11.5. The second-order valence-corrected chi connectivity index (χ2v) is 7.16. The number of carbonyl (C=O) groups is 1. The third-order valence-electron chi connectivity index (χ3n) is 4.74. The van der Waals surface area contributed by atoms with Crippen molar-refractivity contribution in [1.29, 1.82) is 5.41 Å². The molecule has 142 valence electrons. The van der Waals surface area contributed by atoms with E-state index in [1.54, 1.807) is 13.0 Å². The van der Waals surface area contributed by atoms with Crippen molar-refractivity contribution in [2.75, 3.05) is 38.5 Å². The van der Waals surface area contributed by atoms with Crippen LogP contribution >= 0.6 is 11.6 Å². The number of anilines is 1. The highest BCUT2D eigenvalue weighted by molar-refractivity contribution is 6.29. The second kappa shape index (κ2) is 8.50. The van der Waals surface area contributed by atoms with Crippen molar-refractivity contribution in [2.24, 2.45) is 0 Å². The zero-order valence-corrected chi connectivity index (χ0v) is 16.3. The number of nitrogens with one attached hydrogen (secondary N) is 2. The molecule has 1 fully saturated rings. The Hall–Kier alpha value is -2.44. The van der Waals surface area contributed by atoms with Crippen molar-refractivity contribution in [3.8, 4) is 0 Å². The average Bonchev–Trinajstić information content (AvgIpc) is 2.66. The largest absolute Gasteiger partial charge is 0.376 e. The first kappa shape index (κ1) is 19.3. The Kier molecular flexibility index (Phi) is 6.08. The molecule has 0 radical (unpaired) electrons. The zero-order chi connectivity index (χ0) is 19.4. The first-order chi connectivity index (χ1) is 13.0. The topological polar surface area (TPSA) is 72.3 Å². The Morgan fingerprint density at radius 1 is 1.26 bits per heavy atom. The van der Waals surface area contributed by atoms with Crippen molar-refractivity contribution in [3.63, 3.8) is 0 Å². The van der Waals surface area contributed by atoms with E-state index >= 15 is 0 Å². The van der Waals surface area contributed by atoms with Crippen molar-refractivity contribution < 1.29 is 4.79 Å². The number of amides is 1. The molecule has 1 unspecified atom stereocenters. The van der Waals surface area contributed by atoms with Crippen LogP contribution in [0, 0.1) is 5.41 Å². The van der Waals surface area contributed by atoms with Gasteiger partial charge in [-0.25, -0.2) is 4.98 Å². The highest BCUT2D eigenvalue weighted by Crippen LogP contribution is 2.25. The SMILES string of the molecule is CC(=N)c1ccccc1NCC(=O)N1CCN(C)CC1c1cccc(Cl)n1. The molecule has 1 saturated heterocycles. The molecule has 0 saturated carbocycles. The van der Waals surface area contributed by atoms with E-state index in [9.17, 15) is 4.79 Å². The van der Waals surface area contributed by atoms with Crippen LogP contribution < -0.4 is 5.32 Å². The van der Waals surface area contributed by atoms with E-state index in [1.165, 1.54) is 0 Å². The van der Waals surface area contributed by atoms with E-state index in [0.29, 0.717) is 17.4 Å². The van der Waals surface area contributed by atoms with Gasteiger partial charge in [0.1, 0.15) is 5.15 Å². The van der Waals surface area contributed by atoms with E-state index in [1.807, 2.05) is 48.3 Å². The summed E-state index contributed by atoms with van der Waals surface area (Å²) in [6, 6.07) is 12.9. The van der Waals surface area contributed by atoms with Gasteiger partial charge in [-0.15, -0.1) is 0 Å².